The molecule has 4 nitrogen and oxygen atoms in total. The second kappa shape index (κ2) is 6.58. The molecule has 2 N–H and O–H groups in total. The minimum absolute atomic E-state index is 0.555. The maximum absolute atomic E-state index is 6.06. The summed E-state index contributed by atoms with van der Waals surface area (Å²) in [7, 11) is 0. The number of aliphatic imine (C=N–C) groups is 1. The van der Waals surface area contributed by atoms with E-state index in [1.54, 1.807) is 0 Å². The van der Waals surface area contributed by atoms with Crippen LogP contribution < -0.4 is 5.73 Å². The highest BCUT2D eigenvalue weighted by atomic mass is 127. The molecule has 1 heterocycles. The molecule has 1 aliphatic heterocycles. The normalized spacial score (nSPS) is 17.0. The van der Waals surface area contributed by atoms with Crippen LogP contribution in [0, 0.1) is 3.57 Å². The lowest BCUT2D eigenvalue weighted by atomic mass is 10.2. The van der Waals surface area contributed by atoms with Gasteiger partial charge in [0.25, 0.3) is 0 Å². The van der Waals surface area contributed by atoms with E-state index >= 15 is 0 Å². The Labute approximate surface area is 125 Å². The Balaban J connectivity index is 1.98. The van der Waals surface area contributed by atoms with Crippen molar-refractivity contribution in [3.63, 3.8) is 0 Å². The molecule has 6 heteroatoms. The van der Waals surface area contributed by atoms with Crippen molar-refractivity contribution in [2.24, 2.45) is 10.7 Å². The fourth-order valence-corrected chi connectivity index (χ4v) is 2.24. The van der Waals surface area contributed by atoms with Crippen LogP contribution in [0.15, 0.2) is 23.2 Å². The Morgan fingerprint density at radius 2 is 2.17 bits per heavy atom. The van der Waals surface area contributed by atoms with Crippen LogP contribution in [-0.2, 0) is 11.3 Å². The second-order valence-electron chi connectivity index (χ2n) is 4.02. The predicted octanol–water partition coefficient (Wildman–Crippen LogP) is 2.09. The number of nitrogens with zero attached hydrogens (tertiary/aromatic N) is 2. The molecule has 0 spiro atoms. The van der Waals surface area contributed by atoms with Crippen LogP contribution in [0.4, 0.5) is 0 Å². The third kappa shape index (κ3) is 3.73. The largest absolute Gasteiger partial charge is 0.378 e. The minimum atomic E-state index is 0.555. The van der Waals surface area contributed by atoms with Gasteiger partial charge >= 0.3 is 0 Å². The first kappa shape index (κ1) is 13.9. The molecule has 1 aromatic rings. The van der Waals surface area contributed by atoms with Gasteiger partial charge in [-0.05, 0) is 40.3 Å². The van der Waals surface area contributed by atoms with Crippen molar-refractivity contribution < 1.29 is 4.74 Å². The molecule has 0 radical (unpaired) electrons. The highest BCUT2D eigenvalue weighted by Crippen LogP contribution is 2.19. The van der Waals surface area contributed by atoms with E-state index in [-0.39, 0.29) is 0 Å². The Morgan fingerprint density at radius 1 is 1.44 bits per heavy atom. The van der Waals surface area contributed by atoms with Gasteiger partial charge in [0.2, 0.25) is 0 Å². The van der Waals surface area contributed by atoms with E-state index < -0.39 is 0 Å². The van der Waals surface area contributed by atoms with Crippen molar-refractivity contribution in [2.45, 2.75) is 6.54 Å². The second-order valence-corrected chi connectivity index (χ2v) is 5.59. The van der Waals surface area contributed by atoms with E-state index in [2.05, 4.69) is 27.6 Å². The van der Waals surface area contributed by atoms with E-state index in [1.165, 1.54) is 0 Å². The molecule has 18 heavy (non-hydrogen) atoms. The zero-order chi connectivity index (χ0) is 13.0. The monoisotopic (exact) mass is 379 g/mol. The molecule has 0 atom stereocenters. The molecule has 98 valence electrons. The first-order valence-electron chi connectivity index (χ1n) is 5.73. The van der Waals surface area contributed by atoms with Gasteiger partial charge in [-0.25, -0.2) is 4.99 Å². The third-order valence-corrected chi connectivity index (χ3v) is 4.31. The molecule has 0 aliphatic carbocycles. The molecule has 0 saturated carbocycles. The number of hydrogen-bond acceptors (Lipinski definition) is 2. The molecule has 0 bridgehead atoms. The number of morpholine rings is 1. The predicted molar refractivity (Wildman–Crippen MR) is 81.9 cm³/mol. The molecule has 0 aromatic heterocycles. The van der Waals surface area contributed by atoms with Crippen molar-refractivity contribution in [2.75, 3.05) is 26.3 Å². The summed E-state index contributed by atoms with van der Waals surface area (Å²) in [5, 5.41) is 0.758. The fraction of sp³-hybridized carbons (Fsp3) is 0.417. The van der Waals surface area contributed by atoms with Gasteiger partial charge < -0.3 is 15.4 Å². The smallest absolute Gasteiger partial charge is 0.191 e. The standard InChI is InChI=1S/C12H15ClIN3O/c13-10-7-9(1-2-11(10)14)8-16-12(15)17-3-5-18-6-4-17/h1-2,7H,3-6,8H2,(H2,15,16). The van der Waals surface area contributed by atoms with Gasteiger partial charge in [0.05, 0.1) is 24.8 Å². The van der Waals surface area contributed by atoms with Crippen LogP contribution in [0.25, 0.3) is 0 Å². The third-order valence-electron chi connectivity index (χ3n) is 2.74. The quantitative estimate of drug-likeness (QED) is 0.486. The molecule has 0 amide bonds. The number of nitrogens with two attached hydrogens (primary N) is 1. The van der Waals surface area contributed by atoms with E-state index in [4.69, 9.17) is 22.1 Å². The lowest BCUT2D eigenvalue weighted by molar-refractivity contribution is 0.0674. The number of halogens is 2. The van der Waals surface area contributed by atoms with Crippen molar-refractivity contribution in [1.82, 2.24) is 4.90 Å². The van der Waals surface area contributed by atoms with E-state index in [0.29, 0.717) is 25.7 Å². The summed E-state index contributed by atoms with van der Waals surface area (Å²) in [5.41, 5.74) is 7.02. The Bertz CT molecular complexity index is 447. The first-order valence-corrected chi connectivity index (χ1v) is 7.19. The molecular weight excluding hydrogens is 365 g/mol. The lowest BCUT2D eigenvalue weighted by Crippen LogP contribution is -2.44. The van der Waals surface area contributed by atoms with Crippen molar-refractivity contribution in [3.8, 4) is 0 Å². The summed E-state index contributed by atoms with van der Waals surface area (Å²) in [4.78, 5) is 6.43. The molecule has 1 aromatic carbocycles. The van der Waals surface area contributed by atoms with Gasteiger partial charge in [0, 0.05) is 16.7 Å². The van der Waals surface area contributed by atoms with Crippen LogP contribution in [0.1, 0.15) is 5.56 Å². The minimum Gasteiger partial charge on any atom is -0.378 e. The van der Waals surface area contributed by atoms with Crippen LogP contribution in [-0.4, -0.2) is 37.2 Å². The van der Waals surface area contributed by atoms with Gasteiger partial charge in [0.15, 0.2) is 5.96 Å². The number of ether oxygens (including phenoxy) is 1. The summed E-state index contributed by atoms with van der Waals surface area (Å²) in [6.07, 6.45) is 0. The fourth-order valence-electron chi connectivity index (χ4n) is 1.70. The van der Waals surface area contributed by atoms with E-state index in [0.717, 1.165) is 27.2 Å². The maximum Gasteiger partial charge on any atom is 0.191 e. The lowest BCUT2D eigenvalue weighted by Gasteiger charge is -2.27. The summed E-state index contributed by atoms with van der Waals surface area (Å²) >= 11 is 8.27. The Morgan fingerprint density at radius 3 is 2.83 bits per heavy atom. The summed E-state index contributed by atoms with van der Waals surface area (Å²) < 4.78 is 6.32. The molecule has 1 saturated heterocycles. The van der Waals surface area contributed by atoms with Crippen LogP contribution in [0.5, 0.6) is 0 Å². The highest BCUT2D eigenvalue weighted by molar-refractivity contribution is 14.1. The van der Waals surface area contributed by atoms with Gasteiger partial charge in [-0.1, -0.05) is 17.7 Å². The highest BCUT2D eigenvalue weighted by Gasteiger charge is 2.11. The zero-order valence-electron chi connectivity index (χ0n) is 9.90. The van der Waals surface area contributed by atoms with E-state index in [1.807, 2.05) is 23.1 Å². The zero-order valence-corrected chi connectivity index (χ0v) is 12.8. The summed E-state index contributed by atoms with van der Waals surface area (Å²) in [6.45, 7) is 3.60. The molecule has 2 rings (SSSR count). The van der Waals surface area contributed by atoms with Crippen molar-refractivity contribution in [3.05, 3.63) is 32.4 Å². The summed E-state index contributed by atoms with van der Waals surface area (Å²) in [6, 6.07) is 5.93. The molecule has 0 unspecified atom stereocenters. The average molecular weight is 380 g/mol. The summed E-state index contributed by atoms with van der Waals surface area (Å²) in [5.74, 6) is 0.577. The topological polar surface area (TPSA) is 50.8 Å². The van der Waals surface area contributed by atoms with Gasteiger partial charge in [-0.2, -0.15) is 0 Å². The van der Waals surface area contributed by atoms with E-state index in [9.17, 15) is 0 Å². The Kier molecular flexibility index (Phi) is 5.08. The number of rotatable bonds is 2. The maximum atomic E-state index is 6.06. The van der Waals surface area contributed by atoms with Crippen LogP contribution >= 0.6 is 34.2 Å². The van der Waals surface area contributed by atoms with Crippen molar-refractivity contribution in [1.29, 1.82) is 0 Å². The molecular formula is C12H15ClIN3O. The Hall–Kier alpha value is -0.530. The SMILES string of the molecule is NC(=NCc1ccc(I)c(Cl)c1)N1CCOCC1. The van der Waals surface area contributed by atoms with Crippen LogP contribution in [0.3, 0.4) is 0 Å². The van der Waals surface area contributed by atoms with Gasteiger partial charge in [0.1, 0.15) is 0 Å². The van der Waals surface area contributed by atoms with Crippen LogP contribution in [0.2, 0.25) is 5.02 Å². The molecule has 1 fully saturated rings. The van der Waals surface area contributed by atoms with Gasteiger partial charge in [-0.3, -0.25) is 0 Å². The first-order chi connectivity index (χ1) is 8.66. The van der Waals surface area contributed by atoms with Crippen molar-refractivity contribution >= 4 is 40.2 Å². The number of benzene rings is 1. The van der Waals surface area contributed by atoms with Gasteiger partial charge in [-0.15, -0.1) is 0 Å². The molecule has 1 aliphatic rings. The number of hydrogen-bond donors (Lipinski definition) is 1. The number of guanidine groups is 1. The average Bonchev–Trinajstić information content (AvgIpc) is 2.41.